The van der Waals surface area contributed by atoms with Crippen LogP contribution >= 0.6 is 0 Å². The highest BCUT2D eigenvalue weighted by molar-refractivity contribution is 6.46. The maximum atomic E-state index is 13.1. The maximum absolute atomic E-state index is 13.1. The molecule has 1 saturated heterocycles. The molecular formula is C24H25NO5. The predicted molar refractivity (Wildman–Crippen MR) is 112 cm³/mol. The number of aliphatic hydroxyl groups excluding tert-OH is 1. The van der Waals surface area contributed by atoms with E-state index in [-0.39, 0.29) is 23.1 Å². The van der Waals surface area contributed by atoms with Crippen LogP contribution in [0.3, 0.4) is 0 Å². The van der Waals surface area contributed by atoms with Crippen molar-refractivity contribution in [2.24, 2.45) is 0 Å². The largest absolute Gasteiger partial charge is 0.508 e. The summed E-state index contributed by atoms with van der Waals surface area (Å²) in [5.74, 6) is -0.953. The number of aromatic hydroxyl groups is 1. The van der Waals surface area contributed by atoms with Gasteiger partial charge in [-0.15, -0.1) is 0 Å². The number of phenols is 1. The summed E-state index contributed by atoms with van der Waals surface area (Å²) >= 11 is 0. The first-order chi connectivity index (χ1) is 14.5. The van der Waals surface area contributed by atoms with Crippen molar-refractivity contribution in [2.45, 2.75) is 44.2 Å². The minimum atomic E-state index is -0.744. The lowest BCUT2D eigenvalue weighted by atomic mass is 9.91. The van der Waals surface area contributed by atoms with Gasteiger partial charge in [0, 0.05) is 11.6 Å². The molecule has 6 heteroatoms. The molecule has 156 valence electrons. The van der Waals surface area contributed by atoms with E-state index in [0.717, 1.165) is 32.1 Å². The van der Waals surface area contributed by atoms with Crippen LogP contribution in [0.2, 0.25) is 0 Å². The van der Waals surface area contributed by atoms with E-state index >= 15 is 0 Å². The Morgan fingerprint density at radius 2 is 1.77 bits per heavy atom. The van der Waals surface area contributed by atoms with Gasteiger partial charge in [-0.1, -0.05) is 43.5 Å². The molecule has 1 atom stereocenters. The number of rotatable bonds is 4. The molecule has 2 aromatic carbocycles. The monoisotopic (exact) mass is 407 g/mol. The van der Waals surface area contributed by atoms with Crippen molar-refractivity contribution in [3.63, 3.8) is 0 Å². The van der Waals surface area contributed by atoms with Gasteiger partial charge >= 0.3 is 0 Å². The maximum Gasteiger partial charge on any atom is 0.295 e. The number of aliphatic hydroxyl groups is 1. The molecule has 1 aliphatic carbocycles. The van der Waals surface area contributed by atoms with E-state index in [4.69, 9.17) is 4.74 Å². The minimum Gasteiger partial charge on any atom is -0.508 e. The lowest BCUT2D eigenvalue weighted by molar-refractivity contribution is -0.141. The van der Waals surface area contributed by atoms with Crippen molar-refractivity contribution in [3.05, 3.63) is 65.2 Å². The van der Waals surface area contributed by atoms with Crippen LogP contribution in [-0.2, 0) is 9.59 Å². The molecule has 4 rings (SSSR count). The summed E-state index contributed by atoms with van der Waals surface area (Å²) in [5, 5.41) is 21.1. The van der Waals surface area contributed by atoms with Gasteiger partial charge in [0.15, 0.2) is 0 Å². The number of hydrogen-bond acceptors (Lipinski definition) is 5. The Balaban J connectivity index is 1.88. The molecule has 2 aliphatic rings. The van der Waals surface area contributed by atoms with Crippen LogP contribution in [0.5, 0.6) is 11.5 Å². The van der Waals surface area contributed by atoms with Crippen LogP contribution < -0.4 is 4.74 Å². The standard InChI is InChI=1S/C24H25NO5/c1-30-19-12-6-8-16(14-19)22(27)20-21(15-7-5-11-18(26)13-15)25(24(29)23(20)28)17-9-3-2-4-10-17/h5-8,11-14,17,21,26-27H,2-4,9-10H2,1H3/b22-20-. The fraction of sp³-hybridized carbons (Fsp3) is 0.333. The second-order valence-corrected chi connectivity index (χ2v) is 7.83. The summed E-state index contributed by atoms with van der Waals surface area (Å²) in [6.45, 7) is 0. The first kappa shape index (κ1) is 20.0. The summed E-state index contributed by atoms with van der Waals surface area (Å²) in [6, 6.07) is 12.5. The fourth-order valence-corrected chi connectivity index (χ4v) is 4.53. The Kier molecular flexibility index (Phi) is 5.48. The van der Waals surface area contributed by atoms with Crippen LogP contribution in [-0.4, -0.2) is 40.0 Å². The highest BCUT2D eigenvalue weighted by atomic mass is 16.5. The molecule has 1 aliphatic heterocycles. The number of benzene rings is 2. The van der Waals surface area contributed by atoms with Gasteiger partial charge in [0.1, 0.15) is 17.3 Å². The second kappa shape index (κ2) is 8.22. The molecular weight excluding hydrogens is 382 g/mol. The topological polar surface area (TPSA) is 87.1 Å². The number of hydrogen-bond donors (Lipinski definition) is 2. The first-order valence-electron chi connectivity index (χ1n) is 10.2. The van der Waals surface area contributed by atoms with Crippen LogP contribution in [0.25, 0.3) is 5.76 Å². The Hall–Kier alpha value is -3.28. The highest BCUT2D eigenvalue weighted by Crippen LogP contribution is 2.43. The van der Waals surface area contributed by atoms with Gasteiger partial charge in [0.05, 0.1) is 18.7 Å². The molecule has 0 radical (unpaired) electrons. The first-order valence-corrected chi connectivity index (χ1v) is 10.2. The average Bonchev–Trinajstić information content (AvgIpc) is 3.04. The molecule has 1 amide bonds. The number of ether oxygens (including phenoxy) is 1. The molecule has 0 aromatic heterocycles. The predicted octanol–water partition coefficient (Wildman–Crippen LogP) is 4.16. The molecule has 1 unspecified atom stereocenters. The molecule has 2 aromatic rings. The zero-order chi connectivity index (χ0) is 21.3. The summed E-state index contributed by atoms with van der Waals surface area (Å²) in [7, 11) is 1.52. The van der Waals surface area contributed by atoms with Crippen molar-refractivity contribution >= 4 is 17.4 Å². The van der Waals surface area contributed by atoms with Crippen molar-refractivity contribution in [3.8, 4) is 11.5 Å². The van der Waals surface area contributed by atoms with Crippen LogP contribution in [0.1, 0.15) is 49.3 Å². The van der Waals surface area contributed by atoms with Gasteiger partial charge in [-0.05, 0) is 42.7 Å². The Morgan fingerprint density at radius 3 is 2.47 bits per heavy atom. The summed E-state index contributed by atoms with van der Waals surface area (Å²) in [5.41, 5.74) is 1.05. The SMILES string of the molecule is COc1cccc(/C(O)=C2/C(=O)C(=O)N(C3CCCCC3)C2c2cccc(O)c2)c1. The Morgan fingerprint density at radius 1 is 1.03 bits per heavy atom. The molecule has 30 heavy (non-hydrogen) atoms. The summed E-state index contributed by atoms with van der Waals surface area (Å²) in [4.78, 5) is 27.8. The number of methoxy groups -OCH3 is 1. The highest BCUT2D eigenvalue weighted by Gasteiger charge is 2.48. The quantitative estimate of drug-likeness (QED) is 0.452. The fourth-order valence-electron chi connectivity index (χ4n) is 4.53. The number of phenolic OH excluding ortho intramolecular Hbond substituents is 1. The molecule has 6 nitrogen and oxygen atoms in total. The van der Waals surface area contributed by atoms with Gasteiger partial charge < -0.3 is 19.8 Å². The van der Waals surface area contributed by atoms with Crippen molar-refractivity contribution in [1.29, 1.82) is 0 Å². The zero-order valence-electron chi connectivity index (χ0n) is 16.9. The zero-order valence-corrected chi connectivity index (χ0v) is 16.9. The van der Waals surface area contributed by atoms with E-state index in [9.17, 15) is 19.8 Å². The number of carbonyl (C=O) groups excluding carboxylic acids is 2. The van der Waals surface area contributed by atoms with Crippen LogP contribution in [0.4, 0.5) is 0 Å². The van der Waals surface area contributed by atoms with E-state index < -0.39 is 17.7 Å². The van der Waals surface area contributed by atoms with Crippen molar-refractivity contribution in [1.82, 2.24) is 4.90 Å². The van der Waals surface area contributed by atoms with Gasteiger partial charge in [-0.25, -0.2) is 0 Å². The summed E-state index contributed by atoms with van der Waals surface area (Å²) in [6.07, 6.45) is 4.75. The van der Waals surface area contributed by atoms with E-state index in [1.165, 1.54) is 7.11 Å². The van der Waals surface area contributed by atoms with Crippen molar-refractivity contribution in [2.75, 3.05) is 7.11 Å². The Bertz CT molecular complexity index is 1010. The third-order valence-corrected chi connectivity index (χ3v) is 5.98. The number of amides is 1. The third-order valence-electron chi connectivity index (χ3n) is 5.98. The van der Waals surface area contributed by atoms with Gasteiger partial charge in [-0.2, -0.15) is 0 Å². The molecule has 2 fully saturated rings. The van der Waals surface area contributed by atoms with Crippen LogP contribution in [0.15, 0.2) is 54.1 Å². The molecule has 0 bridgehead atoms. The van der Waals surface area contributed by atoms with E-state index in [0.29, 0.717) is 16.9 Å². The van der Waals surface area contributed by atoms with Gasteiger partial charge in [-0.3, -0.25) is 9.59 Å². The number of Topliss-reactive ketones (excluding diaryl/α,β-unsaturated/α-hetero) is 1. The number of nitrogens with zero attached hydrogens (tertiary/aromatic N) is 1. The molecule has 1 saturated carbocycles. The number of ketones is 1. The lowest BCUT2D eigenvalue weighted by Gasteiger charge is -2.35. The molecule has 2 N–H and O–H groups in total. The van der Waals surface area contributed by atoms with Crippen LogP contribution in [0, 0.1) is 0 Å². The number of carbonyl (C=O) groups is 2. The van der Waals surface area contributed by atoms with Crippen molar-refractivity contribution < 1.29 is 24.5 Å². The van der Waals surface area contributed by atoms with E-state index in [2.05, 4.69) is 0 Å². The van der Waals surface area contributed by atoms with Gasteiger partial charge in [0.25, 0.3) is 11.7 Å². The minimum absolute atomic E-state index is 0.0445. The normalized spacial score (nSPS) is 21.8. The van der Waals surface area contributed by atoms with E-state index in [1.807, 2.05) is 0 Å². The molecule has 0 spiro atoms. The summed E-state index contributed by atoms with van der Waals surface area (Å²) < 4.78 is 5.23. The molecule has 1 heterocycles. The van der Waals surface area contributed by atoms with Gasteiger partial charge in [0.2, 0.25) is 0 Å². The lowest BCUT2D eigenvalue weighted by Crippen LogP contribution is -2.40. The van der Waals surface area contributed by atoms with E-state index in [1.54, 1.807) is 53.4 Å². The average molecular weight is 407 g/mol. The second-order valence-electron chi connectivity index (χ2n) is 7.83. The smallest absolute Gasteiger partial charge is 0.295 e. The third kappa shape index (κ3) is 3.54. The number of likely N-dealkylation sites (tertiary alicyclic amines) is 1. The Labute approximate surface area is 175 Å².